The molecule has 0 radical (unpaired) electrons. The molecule has 1 nitrogen and oxygen atoms in total. The van der Waals surface area contributed by atoms with E-state index in [1.54, 1.807) is 11.3 Å². The van der Waals surface area contributed by atoms with E-state index in [1.807, 2.05) is 13.1 Å². The van der Waals surface area contributed by atoms with Crippen LogP contribution >= 0.6 is 11.3 Å². The molecule has 0 spiro atoms. The minimum Gasteiger partial charge on any atom is -0.249 e. The van der Waals surface area contributed by atoms with Gasteiger partial charge in [0.15, 0.2) is 0 Å². The van der Waals surface area contributed by atoms with Crippen LogP contribution in [0.1, 0.15) is 10.6 Å². The molecule has 0 fully saturated rings. The third kappa shape index (κ3) is 1.96. The number of benzene rings is 2. The summed E-state index contributed by atoms with van der Waals surface area (Å²) in [5.41, 5.74) is 2.56. The molecule has 17 heavy (non-hydrogen) atoms. The van der Waals surface area contributed by atoms with Crippen molar-refractivity contribution < 1.29 is 0 Å². The lowest BCUT2D eigenvalue weighted by Crippen LogP contribution is -1.77. The van der Waals surface area contributed by atoms with Gasteiger partial charge in [-0.3, -0.25) is 0 Å². The Morgan fingerprint density at radius 1 is 0.941 bits per heavy atom. The van der Waals surface area contributed by atoms with Crippen LogP contribution in [-0.2, 0) is 0 Å². The highest BCUT2D eigenvalue weighted by Gasteiger charge is 2.03. The normalized spacial score (nSPS) is 10.9. The van der Waals surface area contributed by atoms with Crippen LogP contribution in [-0.4, -0.2) is 4.98 Å². The largest absolute Gasteiger partial charge is 0.249 e. The number of thiazole rings is 1. The highest BCUT2D eigenvalue weighted by molar-refractivity contribution is 7.15. The van der Waals surface area contributed by atoms with Gasteiger partial charge in [0, 0.05) is 6.20 Å². The molecule has 3 aromatic rings. The van der Waals surface area contributed by atoms with Crippen LogP contribution in [0.25, 0.3) is 21.2 Å². The van der Waals surface area contributed by atoms with Crippen LogP contribution in [0.15, 0.2) is 42.6 Å². The summed E-state index contributed by atoms with van der Waals surface area (Å²) in [6.45, 7) is 4.17. The summed E-state index contributed by atoms with van der Waals surface area (Å²) in [4.78, 5) is 5.55. The molecule has 0 unspecified atom stereocenters. The van der Waals surface area contributed by atoms with E-state index in [4.69, 9.17) is 0 Å². The van der Waals surface area contributed by atoms with E-state index in [-0.39, 0.29) is 0 Å². The molecule has 0 aliphatic carbocycles. The van der Waals surface area contributed by atoms with Crippen LogP contribution in [0, 0.1) is 13.8 Å². The summed E-state index contributed by atoms with van der Waals surface area (Å²) in [5.74, 6) is 0. The maximum Gasteiger partial charge on any atom is 0.0900 e. The lowest BCUT2D eigenvalue weighted by molar-refractivity contribution is 1.30. The van der Waals surface area contributed by atoms with E-state index < -0.39 is 0 Å². The lowest BCUT2D eigenvalue weighted by atomic mass is 10.0. The minimum atomic E-state index is 1.11. The first-order chi connectivity index (χ1) is 8.22. The van der Waals surface area contributed by atoms with Gasteiger partial charge in [0.1, 0.15) is 0 Å². The van der Waals surface area contributed by atoms with Crippen molar-refractivity contribution in [2.45, 2.75) is 13.8 Å². The van der Waals surface area contributed by atoms with Gasteiger partial charge < -0.3 is 0 Å². The molecule has 0 amide bonds. The van der Waals surface area contributed by atoms with Crippen molar-refractivity contribution in [2.75, 3.05) is 0 Å². The van der Waals surface area contributed by atoms with E-state index in [0.29, 0.717) is 0 Å². The van der Waals surface area contributed by atoms with Gasteiger partial charge in [0.2, 0.25) is 0 Å². The van der Waals surface area contributed by atoms with Gasteiger partial charge >= 0.3 is 0 Å². The minimum absolute atomic E-state index is 1.11. The molecular weight excluding hydrogens is 226 g/mol. The Hall–Kier alpha value is -1.67. The average molecular weight is 239 g/mol. The second-order valence-corrected chi connectivity index (χ2v) is 5.54. The van der Waals surface area contributed by atoms with Crippen LogP contribution in [0.4, 0.5) is 0 Å². The van der Waals surface area contributed by atoms with Crippen molar-refractivity contribution in [3.8, 4) is 10.4 Å². The molecule has 1 heterocycles. The molecule has 2 aromatic carbocycles. The van der Waals surface area contributed by atoms with Gasteiger partial charge in [-0.05, 0) is 36.2 Å². The molecule has 1 aromatic heterocycles. The van der Waals surface area contributed by atoms with Crippen molar-refractivity contribution in [1.82, 2.24) is 4.98 Å². The summed E-state index contributed by atoms with van der Waals surface area (Å²) in [6.07, 6.45) is 1.95. The van der Waals surface area contributed by atoms with Gasteiger partial charge in [-0.2, -0.15) is 0 Å². The lowest BCUT2D eigenvalue weighted by Gasteiger charge is -2.02. The zero-order valence-corrected chi connectivity index (χ0v) is 10.7. The maximum absolute atomic E-state index is 4.31. The molecule has 0 bridgehead atoms. The summed E-state index contributed by atoms with van der Waals surface area (Å²) in [6, 6.07) is 13.2. The Morgan fingerprint density at radius 2 is 1.71 bits per heavy atom. The molecule has 0 saturated heterocycles. The monoisotopic (exact) mass is 239 g/mol. The Balaban J connectivity index is 2.16. The molecule has 3 rings (SSSR count). The second kappa shape index (κ2) is 3.97. The van der Waals surface area contributed by atoms with E-state index in [1.165, 1.54) is 26.8 Å². The SMILES string of the molecule is Cc1ccc2cc(-c3cnc(C)s3)ccc2c1. The van der Waals surface area contributed by atoms with Crippen LogP contribution in [0.5, 0.6) is 0 Å². The molecule has 2 heteroatoms. The average Bonchev–Trinajstić information content (AvgIpc) is 2.75. The first-order valence-corrected chi connectivity index (χ1v) is 6.47. The van der Waals surface area contributed by atoms with E-state index >= 15 is 0 Å². The van der Waals surface area contributed by atoms with Gasteiger partial charge in [0.05, 0.1) is 9.88 Å². The fourth-order valence-corrected chi connectivity index (χ4v) is 2.79. The fourth-order valence-electron chi connectivity index (χ4n) is 2.01. The highest BCUT2D eigenvalue weighted by atomic mass is 32.1. The summed E-state index contributed by atoms with van der Waals surface area (Å²) in [7, 11) is 0. The molecule has 0 saturated carbocycles. The summed E-state index contributed by atoms with van der Waals surface area (Å²) < 4.78 is 0. The van der Waals surface area contributed by atoms with Crippen LogP contribution in [0.2, 0.25) is 0 Å². The number of rotatable bonds is 1. The van der Waals surface area contributed by atoms with Crippen molar-refractivity contribution in [2.24, 2.45) is 0 Å². The number of hydrogen-bond acceptors (Lipinski definition) is 2. The van der Waals surface area contributed by atoms with E-state index in [9.17, 15) is 0 Å². The fraction of sp³-hybridized carbons (Fsp3) is 0.133. The van der Waals surface area contributed by atoms with Crippen molar-refractivity contribution in [1.29, 1.82) is 0 Å². The van der Waals surface area contributed by atoms with Gasteiger partial charge in [-0.25, -0.2) is 4.98 Å². The van der Waals surface area contributed by atoms with Crippen molar-refractivity contribution in [3.05, 3.63) is 53.2 Å². The van der Waals surface area contributed by atoms with Gasteiger partial charge in [-0.15, -0.1) is 11.3 Å². The Bertz CT molecular complexity index is 682. The number of hydrogen-bond donors (Lipinski definition) is 0. The maximum atomic E-state index is 4.31. The van der Waals surface area contributed by atoms with E-state index in [2.05, 4.69) is 48.3 Å². The van der Waals surface area contributed by atoms with Crippen molar-refractivity contribution in [3.63, 3.8) is 0 Å². The number of aryl methyl sites for hydroxylation is 2. The molecule has 84 valence electrons. The topological polar surface area (TPSA) is 12.9 Å². The van der Waals surface area contributed by atoms with Crippen LogP contribution < -0.4 is 0 Å². The Labute approximate surface area is 105 Å². The molecule has 0 aliphatic rings. The Morgan fingerprint density at radius 3 is 2.47 bits per heavy atom. The standard InChI is InChI=1S/C15H13NS/c1-10-3-4-13-8-14(6-5-12(13)7-10)15-9-16-11(2)17-15/h3-9H,1-2H3. The highest BCUT2D eigenvalue weighted by Crippen LogP contribution is 2.28. The molecular formula is C15H13NS. The first-order valence-electron chi connectivity index (χ1n) is 5.65. The predicted octanol–water partition coefficient (Wildman–Crippen LogP) is 4.58. The second-order valence-electron chi connectivity index (χ2n) is 4.31. The summed E-state index contributed by atoms with van der Waals surface area (Å²) >= 11 is 1.74. The number of nitrogens with zero attached hydrogens (tertiary/aromatic N) is 1. The number of aromatic nitrogens is 1. The van der Waals surface area contributed by atoms with E-state index in [0.717, 1.165) is 5.01 Å². The molecule has 0 atom stereocenters. The third-order valence-corrected chi connectivity index (χ3v) is 3.86. The first kappa shape index (κ1) is 10.5. The Kier molecular flexibility index (Phi) is 2.45. The third-order valence-electron chi connectivity index (χ3n) is 2.90. The molecule has 0 N–H and O–H groups in total. The predicted molar refractivity (Wildman–Crippen MR) is 74.5 cm³/mol. The zero-order valence-electron chi connectivity index (χ0n) is 9.90. The van der Waals surface area contributed by atoms with Crippen molar-refractivity contribution >= 4 is 22.1 Å². The van der Waals surface area contributed by atoms with Gasteiger partial charge in [-0.1, -0.05) is 35.9 Å². The van der Waals surface area contributed by atoms with Gasteiger partial charge in [0.25, 0.3) is 0 Å². The van der Waals surface area contributed by atoms with Crippen LogP contribution in [0.3, 0.4) is 0 Å². The number of fused-ring (bicyclic) bond motifs is 1. The zero-order chi connectivity index (χ0) is 11.8. The molecule has 0 aliphatic heterocycles. The quantitative estimate of drug-likeness (QED) is 0.605. The smallest absolute Gasteiger partial charge is 0.0900 e. The summed E-state index contributed by atoms with van der Waals surface area (Å²) in [5, 5.41) is 3.71.